The van der Waals surface area contributed by atoms with E-state index in [2.05, 4.69) is 15.6 Å². The summed E-state index contributed by atoms with van der Waals surface area (Å²) >= 11 is 0. The van der Waals surface area contributed by atoms with Crippen LogP contribution in [-0.4, -0.2) is 51.3 Å². The fraction of sp³-hybridized carbons (Fsp3) is 0.296. The average molecular weight is 521 g/mol. The Kier molecular flexibility index (Phi) is 7.75. The van der Waals surface area contributed by atoms with Crippen LogP contribution in [-0.2, 0) is 20.9 Å². The van der Waals surface area contributed by atoms with Gasteiger partial charge < -0.3 is 20.5 Å². The number of hydrogen-bond donors (Lipinski definition) is 4. The molecular weight excluding hydrogens is 492 g/mol. The second kappa shape index (κ2) is 11.2. The lowest BCUT2D eigenvalue weighted by Crippen LogP contribution is -2.47. The number of aromatic amines is 1. The first-order valence-electron chi connectivity index (χ1n) is 12.1. The molecule has 0 spiro atoms. The summed E-state index contributed by atoms with van der Waals surface area (Å²) in [6.45, 7) is 2.70. The van der Waals surface area contributed by atoms with Crippen LogP contribution in [0.25, 0.3) is 11.1 Å². The van der Waals surface area contributed by atoms with E-state index in [0.29, 0.717) is 0 Å². The molecule has 2 atom stereocenters. The Labute approximate surface area is 217 Å². The Morgan fingerprint density at radius 2 is 1.63 bits per heavy atom. The van der Waals surface area contributed by atoms with Crippen LogP contribution in [0.3, 0.4) is 0 Å². The average Bonchev–Trinajstić information content (AvgIpc) is 3.19. The summed E-state index contributed by atoms with van der Waals surface area (Å²) in [6.07, 6.45) is 0.396. The van der Waals surface area contributed by atoms with Gasteiger partial charge in [0.1, 0.15) is 19.2 Å². The molecule has 2 amide bonds. The zero-order valence-electron chi connectivity index (χ0n) is 20.9. The molecule has 11 heteroatoms. The Morgan fingerprint density at radius 1 is 1.03 bits per heavy atom. The van der Waals surface area contributed by atoms with Gasteiger partial charge >= 0.3 is 17.8 Å². The van der Waals surface area contributed by atoms with Gasteiger partial charge in [0.15, 0.2) is 0 Å². The number of ether oxygens (including phenoxy) is 1. The highest BCUT2D eigenvalue weighted by atomic mass is 16.5. The highest BCUT2D eigenvalue weighted by Gasteiger charge is 2.29. The van der Waals surface area contributed by atoms with E-state index in [9.17, 15) is 29.1 Å². The van der Waals surface area contributed by atoms with Gasteiger partial charge in [-0.05, 0) is 42.5 Å². The summed E-state index contributed by atoms with van der Waals surface area (Å²) in [6, 6.07) is 13.9. The molecule has 0 radical (unpaired) electrons. The molecule has 1 aliphatic rings. The van der Waals surface area contributed by atoms with E-state index >= 15 is 0 Å². The van der Waals surface area contributed by atoms with E-state index in [-0.39, 0.29) is 24.5 Å². The van der Waals surface area contributed by atoms with E-state index in [1.807, 2.05) is 48.5 Å². The lowest BCUT2D eigenvalue weighted by atomic mass is 9.98. The smallest absolute Gasteiger partial charge is 0.407 e. The number of carbonyl (C=O) groups excluding carboxylic acids is 2. The summed E-state index contributed by atoms with van der Waals surface area (Å²) < 4.78 is 6.47. The largest absolute Gasteiger partial charge is 0.480 e. The van der Waals surface area contributed by atoms with Crippen molar-refractivity contribution in [3.63, 3.8) is 0 Å². The minimum atomic E-state index is -1.33. The first-order chi connectivity index (χ1) is 18.1. The van der Waals surface area contributed by atoms with E-state index in [0.717, 1.165) is 26.8 Å². The van der Waals surface area contributed by atoms with Crippen LogP contribution >= 0.6 is 0 Å². The summed E-state index contributed by atoms with van der Waals surface area (Å²) in [5, 5.41) is 14.5. The highest BCUT2D eigenvalue weighted by Crippen LogP contribution is 2.44. The number of aromatic nitrogens is 2. The van der Waals surface area contributed by atoms with Crippen LogP contribution in [0.4, 0.5) is 4.79 Å². The third-order valence-corrected chi connectivity index (χ3v) is 6.43. The number of carbonyl (C=O) groups is 3. The van der Waals surface area contributed by atoms with Crippen molar-refractivity contribution in [3.8, 4) is 11.1 Å². The normalized spacial score (nSPS) is 13.6. The van der Waals surface area contributed by atoms with Gasteiger partial charge in [-0.2, -0.15) is 0 Å². The van der Waals surface area contributed by atoms with Crippen LogP contribution in [0.2, 0.25) is 0 Å². The topological polar surface area (TPSA) is 160 Å². The third-order valence-electron chi connectivity index (χ3n) is 6.43. The minimum absolute atomic E-state index is 0.110. The van der Waals surface area contributed by atoms with Crippen molar-refractivity contribution in [2.24, 2.45) is 0 Å². The number of aryl methyl sites for hydroxylation is 1. The molecule has 0 aliphatic heterocycles. The first kappa shape index (κ1) is 26.4. The van der Waals surface area contributed by atoms with Crippen LogP contribution < -0.4 is 21.9 Å². The molecule has 4 N–H and O–H groups in total. The fourth-order valence-electron chi connectivity index (χ4n) is 4.61. The van der Waals surface area contributed by atoms with E-state index in [4.69, 9.17) is 4.74 Å². The molecule has 1 unspecified atom stereocenters. The molecule has 1 aliphatic carbocycles. The van der Waals surface area contributed by atoms with Gasteiger partial charge in [0.05, 0.1) is 0 Å². The molecule has 0 saturated heterocycles. The first-order valence-corrected chi connectivity index (χ1v) is 12.1. The Balaban J connectivity index is 1.32. The van der Waals surface area contributed by atoms with Crippen molar-refractivity contribution in [1.82, 2.24) is 20.2 Å². The monoisotopic (exact) mass is 520 g/mol. The predicted molar refractivity (Wildman–Crippen MR) is 138 cm³/mol. The molecule has 0 bridgehead atoms. The number of benzene rings is 2. The molecule has 4 rings (SSSR count). The molecule has 2 aromatic carbocycles. The van der Waals surface area contributed by atoms with Crippen molar-refractivity contribution in [2.45, 2.75) is 44.8 Å². The molecule has 0 saturated carbocycles. The highest BCUT2D eigenvalue weighted by molar-refractivity contribution is 5.83. The number of nitrogens with zero attached hydrogens (tertiary/aromatic N) is 1. The number of amides is 2. The lowest BCUT2D eigenvalue weighted by Gasteiger charge is -2.21. The SMILES string of the molecule is Cc1cn(CC(=O)N[C@@H](CC(C)NC(=O)OCC2c3ccccc3-c3ccccc32)C(=O)O)c(=O)[nH]c1=O. The fourth-order valence-corrected chi connectivity index (χ4v) is 4.61. The number of H-pyrrole nitrogens is 1. The van der Waals surface area contributed by atoms with Crippen LogP contribution in [0.5, 0.6) is 0 Å². The van der Waals surface area contributed by atoms with E-state index in [1.165, 1.54) is 13.1 Å². The van der Waals surface area contributed by atoms with Crippen molar-refractivity contribution in [1.29, 1.82) is 0 Å². The van der Waals surface area contributed by atoms with Crippen LogP contribution in [0.1, 0.15) is 36.0 Å². The number of carboxylic acids is 1. The quantitative estimate of drug-likeness (QED) is 0.334. The maximum Gasteiger partial charge on any atom is 0.407 e. The van der Waals surface area contributed by atoms with Gasteiger partial charge in [-0.25, -0.2) is 14.4 Å². The molecule has 1 aromatic heterocycles. The number of alkyl carbamates (subject to hydrolysis) is 1. The van der Waals surface area contributed by atoms with Gasteiger partial charge in [-0.3, -0.25) is 19.1 Å². The van der Waals surface area contributed by atoms with Crippen molar-refractivity contribution >= 4 is 18.0 Å². The standard InChI is InChI=1S/C27H28N4O7/c1-15-12-31(26(36)30-24(15)33)13-23(32)29-22(25(34)35)11-16(2)28-27(37)38-14-21-19-9-5-3-7-17(19)18-8-4-6-10-20(18)21/h3-10,12,16,21-22H,11,13-14H2,1-2H3,(H,28,37)(H,29,32)(H,34,35)(H,30,33,36)/t16?,22-/m0/s1. The van der Waals surface area contributed by atoms with Crippen molar-refractivity contribution < 1.29 is 24.2 Å². The molecule has 38 heavy (non-hydrogen) atoms. The second-order valence-electron chi connectivity index (χ2n) is 9.26. The minimum Gasteiger partial charge on any atom is -0.480 e. The third kappa shape index (κ3) is 5.83. The summed E-state index contributed by atoms with van der Waals surface area (Å²) in [4.78, 5) is 62.1. The number of hydrogen-bond acceptors (Lipinski definition) is 6. The number of fused-ring (bicyclic) bond motifs is 3. The second-order valence-corrected chi connectivity index (χ2v) is 9.26. The number of rotatable bonds is 9. The van der Waals surface area contributed by atoms with Gasteiger partial charge in [0.25, 0.3) is 5.56 Å². The maximum atomic E-state index is 12.5. The van der Waals surface area contributed by atoms with E-state index < -0.39 is 47.8 Å². The zero-order chi connectivity index (χ0) is 27.4. The van der Waals surface area contributed by atoms with Crippen LogP contribution in [0, 0.1) is 6.92 Å². The molecule has 3 aromatic rings. The number of carboxylic acid groups (broad SMARTS) is 1. The van der Waals surface area contributed by atoms with Crippen molar-refractivity contribution in [3.05, 3.63) is 92.3 Å². The molecule has 1 heterocycles. The summed E-state index contributed by atoms with van der Waals surface area (Å²) in [5.74, 6) is -2.15. The maximum absolute atomic E-state index is 12.5. The van der Waals surface area contributed by atoms with Gasteiger partial charge in [0, 0.05) is 23.7 Å². The number of nitrogens with one attached hydrogen (secondary N) is 3. The van der Waals surface area contributed by atoms with Gasteiger partial charge in [-0.15, -0.1) is 0 Å². The van der Waals surface area contributed by atoms with E-state index in [1.54, 1.807) is 6.92 Å². The Bertz CT molecular complexity index is 1450. The van der Waals surface area contributed by atoms with Crippen molar-refractivity contribution in [2.75, 3.05) is 6.61 Å². The Hall–Kier alpha value is -4.67. The van der Waals surface area contributed by atoms with Gasteiger partial charge in [-0.1, -0.05) is 48.5 Å². The van der Waals surface area contributed by atoms with Crippen LogP contribution in [0.15, 0.2) is 64.3 Å². The molecule has 0 fully saturated rings. The van der Waals surface area contributed by atoms with Gasteiger partial charge in [0.2, 0.25) is 5.91 Å². The Morgan fingerprint density at radius 3 is 2.24 bits per heavy atom. The predicted octanol–water partition coefficient (Wildman–Crippen LogP) is 1.73. The summed E-state index contributed by atoms with van der Waals surface area (Å²) in [7, 11) is 0. The zero-order valence-corrected chi connectivity index (χ0v) is 20.9. The summed E-state index contributed by atoms with van der Waals surface area (Å²) in [5.41, 5.74) is 3.22. The number of aliphatic carboxylic acids is 1. The molecular formula is C27H28N4O7. The molecule has 11 nitrogen and oxygen atoms in total. The molecule has 198 valence electrons. The lowest BCUT2D eigenvalue weighted by molar-refractivity contribution is -0.142.